The van der Waals surface area contributed by atoms with Crippen molar-refractivity contribution in [3.8, 4) is 0 Å². The van der Waals surface area contributed by atoms with Gasteiger partial charge in [0.1, 0.15) is 18.1 Å². The summed E-state index contributed by atoms with van der Waals surface area (Å²) in [6, 6.07) is 14.3. The highest BCUT2D eigenvalue weighted by molar-refractivity contribution is 6.11. The maximum Gasteiger partial charge on any atom is 0.159 e. The molecular weight excluding hydrogens is 441 g/mol. The molecule has 1 aromatic heterocycles. The molecule has 0 saturated carbocycles. The summed E-state index contributed by atoms with van der Waals surface area (Å²) in [4.78, 5) is 14.1. The Labute approximate surface area is 196 Å². The van der Waals surface area contributed by atoms with Gasteiger partial charge in [-0.05, 0) is 48.9 Å². The molecule has 0 atom stereocenters. The van der Waals surface area contributed by atoms with Crippen LogP contribution in [0.15, 0.2) is 65.9 Å². The third kappa shape index (κ3) is 4.37. The van der Waals surface area contributed by atoms with Crippen LogP contribution in [0.5, 0.6) is 0 Å². The lowest BCUT2D eigenvalue weighted by molar-refractivity contribution is -0.0276. The molecule has 5 nitrogen and oxygen atoms in total. The van der Waals surface area contributed by atoms with Gasteiger partial charge in [0, 0.05) is 49.9 Å². The molecule has 0 amide bonds. The van der Waals surface area contributed by atoms with Crippen molar-refractivity contribution < 1.29 is 18.0 Å². The summed E-state index contributed by atoms with van der Waals surface area (Å²) in [5.74, 6) is -2.04. The molecule has 0 bridgehead atoms. The van der Waals surface area contributed by atoms with Crippen LogP contribution in [0.2, 0.25) is 0 Å². The number of nitrogens with zero attached hydrogens (tertiary/aromatic N) is 4. The van der Waals surface area contributed by atoms with Crippen LogP contribution < -0.4 is 4.90 Å². The topological polar surface area (TPSA) is 41.0 Å². The molecule has 0 aliphatic carbocycles. The number of oxime groups is 1. The zero-order valence-corrected chi connectivity index (χ0v) is 18.8. The SMILES string of the molecule is CCON=C(c1ccc(F)c(F)c1)c1ccc(CN2CC3(C2)CN(c2ccccc2F)C3)cn1. The number of halogens is 3. The Kier molecular flexibility index (Phi) is 6.00. The summed E-state index contributed by atoms with van der Waals surface area (Å²) < 4.78 is 41.1. The van der Waals surface area contributed by atoms with Crippen LogP contribution in [-0.4, -0.2) is 48.4 Å². The second-order valence-corrected chi connectivity index (χ2v) is 8.99. The standard InChI is InChI=1S/C26H25F3N4O/c1-2-34-31-25(19-8-9-20(27)22(29)11-19)23-10-7-18(12-30-23)13-32-14-26(15-32)16-33(17-26)24-6-4-3-5-21(24)28/h3-12H,2,13-17H2,1H3. The number of hydrogen-bond donors (Lipinski definition) is 0. The molecule has 2 aliphatic rings. The lowest BCUT2D eigenvalue weighted by Crippen LogP contribution is -2.72. The van der Waals surface area contributed by atoms with Crippen molar-refractivity contribution in [2.45, 2.75) is 13.5 Å². The fourth-order valence-corrected chi connectivity index (χ4v) is 4.79. The minimum atomic E-state index is -0.949. The Morgan fingerprint density at radius 2 is 1.76 bits per heavy atom. The molecule has 0 unspecified atom stereocenters. The number of para-hydroxylation sites is 1. The third-order valence-electron chi connectivity index (χ3n) is 6.32. The molecule has 1 spiro atoms. The first-order chi connectivity index (χ1) is 16.5. The fourth-order valence-electron chi connectivity index (χ4n) is 4.79. The molecule has 2 aliphatic heterocycles. The van der Waals surface area contributed by atoms with Gasteiger partial charge >= 0.3 is 0 Å². The number of benzene rings is 2. The Hall–Kier alpha value is -3.39. The number of aromatic nitrogens is 1. The van der Waals surface area contributed by atoms with Gasteiger partial charge < -0.3 is 9.74 Å². The molecular formula is C26H25F3N4O. The van der Waals surface area contributed by atoms with E-state index in [1.807, 2.05) is 24.3 Å². The van der Waals surface area contributed by atoms with Gasteiger partial charge in [0.05, 0.1) is 11.4 Å². The monoisotopic (exact) mass is 466 g/mol. The van der Waals surface area contributed by atoms with Crippen LogP contribution in [0.4, 0.5) is 18.9 Å². The first-order valence-electron chi connectivity index (χ1n) is 11.3. The Bertz CT molecular complexity index is 1200. The Balaban J connectivity index is 1.20. The molecule has 34 heavy (non-hydrogen) atoms. The van der Waals surface area contributed by atoms with Crippen molar-refractivity contribution in [2.24, 2.45) is 10.6 Å². The van der Waals surface area contributed by atoms with E-state index in [9.17, 15) is 13.2 Å². The highest BCUT2D eigenvalue weighted by Gasteiger charge is 2.51. The number of anilines is 1. The van der Waals surface area contributed by atoms with Crippen molar-refractivity contribution in [1.29, 1.82) is 0 Å². The smallest absolute Gasteiger partial charge is 0.159 e. The van der Waals surface area contributed by atoms with Gasteiger partial charge in [0.2, 0.25) is 0 Å². The zero-order valence-electron chi connectivity index (χ0n) is 18.8. The third-order valence-corrected chi connectivity index (χ3v) is 6.32. The van der Waals surface area contributed by atoms with E-state index in [4.69, 9.17) is 4.84 Å². The van der Waals surface area contributed by atoms with E-state index >= 15 is 0 Å². The van der Waals surface area contributed by atoms with E-state index in [0.29, 0.717) is 29.3 Å². The van der Waals surface area contributed by atoms with Gasteiger partial charge in [-0.2, -0.15) is 0 Å². The van der Waals surface area contributed by atoms with E-state index in [0.717, 1.165) is 50.4 Å². The quantitative estimate of drug-likeness (QED) is 0.377. The summed E-state index contributed by atoms with van der Waals surface area (Å²) in [5, 5.41) is 4.07. The fraction of sp³-hybridized carbons (Fsp3) is 0.308. The zero-order chi connectivity index (χ0) is 23.7. The van der Waals surface area contributed by atoms with Crippen LogP contribution in [0, 0.1) is 22.9 Å². The molecule has 176 valence electrons. The lowest BCUT2D eigenvalue weighted by atomic mass is 9.72. The highest BCUT2D eigenvalue weighted by Crippen LogP contribution is 2.42. The largest absolute Gasteiger partial charge is 0.396 e. The molecule has 3 heterocycles. The molecule has 3 aromatic rings. The van der Waals surface area contributed by atoms with Crippen molar-refractivity contribution in [3.63, 3.8) is 0 Å². The van der Waals surface area contributed by atoms with Gasteiger partial charge in [-0.3, -0.25) is 9.88 Å². The second-order valence-electron chi connectivity index (χ2n) is 8.99. The van der Waals surface area contributed by atoms with E-state index < -0.39 is 11.6 Å². The second kappa shape index (κ2) is 9.10. The van der Waals surface area contributed by atoms with Crippen LogP contribution in [0.3, 0.4) is 0 Å². The summed E-state index contributed by atoms with van der Waals surface area (Å²) in [7, 11) is 0. The van der Waals surface area contributed by atoms with Crippen LogP contribution in [-0.2, 0) is 11.4 Å². The molecule has 0 radical (unpaired) electrons. The summed E-state index contributed by atoms with van der Waals surface area (Å²) in [6.07, 6.45) is 1.77. The van der Waals surface area contributed by atoms with E-state index in [-0.39, 0.29) is 11.2 Å². The van der Waals surface area contributed by atoms with Crippen molar-refractivity contribution in [3.05, 3.63) is 95.1 Å². The maximum atomic E-state index is 14.0. The highest BCUT2D eigenvalue weighted by atomic mass is 19.2. The average Bonchev–Trinajstić information content (AvgIpc) is 2.78. The Morgan fingerprint density at radius 3 is 2.44 bits per heavy atom. The first kappa shape index (κ1) is 22.4. The molecule has 0 N–H and O–H groups in total. The molecule has 2 fully saturated rings. The first-order valence-corrected chi connectivity index (χ1v) is 11.3. The van der Waals surface area contributed by atoms with Gasteiger partial charge in [0.25, 0.3) is 0 Å². The molecule has 2 saturated heterocycles. The van der Waals surface area contributed by atoms with Crippen molar-refractivity contribution in [1.82, 2.24) is 9.88 Å². The predicted molar refractivity (Wildman–Crippen MR) is 124 cm³/mol. The summed E-state index contributed by atoms with van der Waals surface area (Å²) in [6.45, 7) is 6.56. The minimum Gasteiger partial charge on any atom is -0.396 e. The van der Waals surface area contributed by atoms with E-state index in [2.05, 4.69) is 19.9 Å². The van der Waals surface area contributed by atoms with Crippen molar-refractivity contribution in [2.75, 3.05) is 37.7 Å². The normalized spacial score (nSPS) is 17.4. The summed E-state index contributed by atoms with van der Waals surface area (Å²) >= 11 is 0. The van der Waals surface area contributed by atoms with E-state index in [1.54, 1.807) is 19.2 Å². The van der Waals surface area contributed by atoms with Crippen molar-refractivity contribution >= 4 is 11.4 Å². The van der Waals surface area contributed by atoms with E-state index in [1.165, 1.54) is 12.1 Å². The van der Waals surface area contributed by atoms with Gasteiger partial charge in [-0.1, -0.05) is 23.4 Å². The van der Waals surface area contributed by atoms with Gasteiger partial charge in [-0.25, -0.2) is 13.2 Å². The number of likely N-dealkylation sites (tertiary alicyclic amines) is 1. The average molecular weight is 467 g/mol. The minimum absolute atomic E-state index is 0.171. The number of hydrogen-bond acceptors (Lipinski definition) is 5. The molecule has 8 heteroatoms. The number of pyridine rings is 1. The Morgan fingerprint density at radius 1 is 0.971 bits per heavy atom. The molecule has 2 aromatic carbocycles. The molecule has 5 rings (SSSR count). The van der Waals surface area contributed by atoms with Gasteiger partial charge in [0.15, 0.2) is 11.6 Å². The van der Waals surface area contributed by atoms with Gasteiger partial charge in [-0.15, -0.1) is 0 Å². The summed E-state index contributed by atoms with van der Waals surface area (Å²) in [5.41, 5.74) is 3.21. The van der Waals surface area contributed by atoms with Crippen LogP contribution >= 0.6 is 0 Å². The van der Waals surface area contributed by atoms with Crippen LogP contribution in [0.25, 0.3) is 0 Å². The lowest BCUT2D eigenvalue weighted by Gasteiger charge is -2.61. The predicted octanol–water partition coefficient (Wildman–Crippen LogP) is 4.61. The maximum absolute atomic E-state index is 14.0. The van der Waals surface area contributed by atoms with Crippen LogP contribution in [0.1, 0.15) is 23.7 Å². The number of rotatable bonds is 7.